The van der Waals surface area contributed by atoms with Crippen molar-refractivity contribution >= 4 is 16.8 Å². The first-order valence-corrected chi connectivity index (χ1v) is 10.9. The van der Waals surface area contributed by atoms with Crippen LogP contribution in [-0.4, -0.2) is 41.2 Å². The maximum absolute atomic E-state index is 14.5. The number of hydrogen-bond acceptors (Lipinski definition) is 3. The van der Waals surface area contributed by atoms with Crippen molar-refractivity contribution in [2.45, 2.75) is 37.3 Å². The van der Waals surface area contributed by atoms with Crippen LogP contribution in [0.5, 0.6) is 0 Å². The quantitative estimate of drug-likeness (QED) is 0.487. The van der Waals surface area contributed by atoms with Gasteiger partial charge in [-0.1, -0.05) is 0 Å². The highest BCUT2D eigenvalue weighted by molar-refractivity contribution is 5.92. The lowest BCUT2D eigenvalue weighted by atomic mass is 9.70. The van der Waals surface area contributed by atoms with Gasteiger partial charge in [0.1, 0.15) is 23.5 Å². The molecule has 0 unspecified atom stereocenters. The number of H-pyrrole nitrogens is 1. The van der Waals surface area contributed by atoms with Gasteiger partial charge in [0.05, 0.1) is 17.3 Å². The van der Waals surface area contributed by atoms with Gasteiger partial charge in [-0.15, -0.1) is 0 Å². The van der Waals surface area contributed by atoms with E-state index in [0.29, 0.717) is 36.2 Å². The van der Waals surface area contributed by atoms with E-state index in [9.17, 15) is 23.1 Å². The summed E-state index contributed by atoms with van der Waals surface area (Å²) in [6.07, 6.45) is 1.39. The largest absolute Gasteiger partial charge is 0.391 e. The van der Waals surface area contributed by atoms with E-state index in [1.807, 2.05) is 0 Å². The van der Waals surface area contributed by atoms with Gasteiger partial charge in [0.25, 0.3) is 0 Å². The van der Waals surface area contributed by atoms with Crippen LogP contribution in [0, 0.1) is 23.4 Å². The molecule has 1 aliphatic carbocycles. The van der Waals surface area contributed by atoms with Crippen molar-refractivity contribution in [1.82, 2.24) is 15.6 Å². The zero-order chi connectivity index (χ0) is 22.4. The van der Waals surface area contributed by atoms with E-state index in [1.54, 1.807) is 12.1 Å². The molecule has 5 nitrogen and oxygen atoms in total. The number of carbonyl (C=O) groups excluding carboxylic acids is 1. The zero-order valence-electron chi connectivity index (χ0n) is 17.3. The molecule has 2 heterocycles. The summed E-state index contributed by atoms with van der Waals surface area (Å²) >= 11 is 0. The van der Waals surface area contributed by atoms with Gasteiger partial charge in [-0.2, -0.15) is 0 Å². The summed E-state index contributed by atoms with van der Waals surface area (Å²) in [5.41, 5.74) is 2.42. The summed E-state index contributed by atoms with van der Waals surface area (Å²) in [7, 11) is 0. The van der Waals surface area contributed by atoms with E-state index in [0.717, 1.165) is 24.5 Å². The van der Waals surface area contributed by atoms with E-state index >= 15 is 0 Å². The van der Waals surface area contributed by atoms with Crippen LogP contribution in [-0.2, 0) is 4.79 Å². The number of nitrogens with one attached hydrogen (secondary N) is 3. The molecule has 2 aliphatic rings. The number of aromatic amines is 1. The number of benzene rings is 2. The maximum atomic E-state index is 14.5. The first-order valence-electron chi connectivity index (χ1n) is 10.9. The fourth-order valence-corrected chi connectivity index (χ4v) is 4.96. The van der Waals surface area contributed by atoms with Crippen molar-refractivity contribution in [3.05, 3.63) is 59.4 Å². The van der Waals surface area contributed by atoms with Crippen molar-refractivity contribution in [3.63, 3.8) is 0 Å². The van der Waals surface area contributed by atoms with Crippen LogP contribution in [0.25, 0.3) is 22.2 Å². The molecule has 1 saturated carbocycles. The van der Waals surface area contributed by atoms with Crippen LogP contribution in [0.1, 0.15) is 30.7 Å². The van der Waals surface area contributed by atoms with Gasteiger partial charge in [-0.25, -0.2) is 13.2 Å². The van der Waals surface area contributed by atoms with E-state index in [-0.39, 0.29) is 29.1 Å². The third kappa shape index (κ3) is 3.78. The van der Waals surface area contributed by atoms with Gasteiger partial charge in [0.15, 0.2) is 0 Å². The molecule has 5 rings (SSSR count). The first kappa shape index (κ1) is 21.0. The van der Waals surface area contributed by atoms with E-state index in [2.05, 4.69) is 15.6 Å². The number of aliphatic hydroxyl groups is 1. The van der Waals surface area contributed by atoms with Crippen molar-refractivity contribution < 1.29 is 23.1 Å². The minimum Gasteiger partial charge on any atom is -0.391 e. The summed E-state index contributed by atoms with van der Waals surface area (Å²) in [6, 6.07) is 7.53. The molecule has 0 radical (unpaired) electrons. The maximum Gasteiger partial charge on any atom is 0.239 e. The molecule has 0 bridgehead atoms. The van der Waals surface area contributed by atoms with Crippen LogP contribution >= 0.6 is 0 Å². The molecular weight excluding hydrogens is 419 g/mol. The molecule has 32 heavy (non-hydrogen) atoms. The number of amides is 1. The van der Waals surface area contributed by atoms with Crippen molar-refractivity contribution in [3.8, 4) is 11.3 Å². The molecule has 1 aliphatic heterocycles. The second kappa shape index (κ2) is 8.26. The third-order valence-corrected chi connectivity index (χ3v) is 6.68. The van der Waals surface area contributed by atoms with Gasteiger partial charge in [0.2, 0.25) is 5.91 Å². The summed E-state index contributed by atoms with van der Waals surface area (Å²) in [5, 5.41) is 16.2. The summed E-state index contributed by atoms with van der Waals surface area (Å²) in [6.45, 7) is 1.10. The predicted molar refractivity (Wildman–Crippen MR) is 114 cm³/mol. The number of hydrogen-bond donors (Lipinski definition) is 4. The Kier molecular flexibility index (Phi) is 5.43. The first-order chi connectivity index (χ1) is 15.4. The van der Waals surface area contributed by atoms with Gasteiger partial charge >= 0.3 is 0 Å². The van der Waals surface area contributed by atoms with Gasteiger partial charge in [-0.05, 0) is 79.1 Å². The molecule has 8 heteroatoms. The molecule has 2 fully saturated rings. The molecule has 0 spiro atoms. The average molecular weight is 443 g/mol. The monoisotopic (exact) mass is 443 g/mol. The Bertz CT molecular complexity index is 1160. The highest BCUT2D eigenvalue weighted by Gasteiger charge is 2.36. The lowest BCUT2D eigenvalue weighted by Crippen LogP contribution is -2.48. The smallest absolute Gasteiger partial charge is 0.239 e. The van der Waals surface area contributed by atoms with Crippen LogP contribution < -0.4 is 10.6 Å². The number of aromatic nitrogens is 1. The van der Waals surface area contributed by atoms with Crippen LogP contribution in [0.15, 0.2) is 36.4 Å². The average Bonchev–Trinajstić information content (AvgIpc) is 3.31. The number of fused-ring (bicyclic) bond motifs is 1. The van der Waals surface area contributed by atoms with Crippen molar-refractivity contribution in [2.24, 2.45) is 5.92 Å². The predicted octanol–water partition coefficient (Wildman–Crippen LogP) is 3.58. The molecule has 1 saturated heterocycles. The second-order valence-corrected chi connectivity index (χ2v) is 8.80. The highest BCUT2D eigenvalue weighted by Crippen LogP contribution is 2.48. The minimum atomic E-state index is -0.668. The van der Waals surface area contributed by atoms with E-state index < -0.39 is 23.8 Å². The topological polar surface area (TPSA) is 77.2 Å². The molecule has 4 N–H and O–H groups in total. The van der Waals surface area contributed by atoms with Crippen LogP contribution in [0.3, 0.4) is 0 Å². The standard InChI is InChI=1S/C24H24F3N3O2/c25-15-3-1-13(2-4-15)21-20(17-9-16(26)10-18(27)22(17)30-21)14-7-12(8-14)11-29-24(32)23-19(31)5-6-28-23/h1-4,9-10,12,14,19,23,28,30-31H,5-8,11H2,(H,29,32)/t12?,14?,19-,23-/m0/s1. The Labute approximate surface area is 183 Å². The Hall–Kier alpha value is -2.84. The Morgan fingerprint density at radius 1 is 1.09 bits per heavy atom. The Morgan fingerprint density at radius 2 is 1.84 bits per heavy atom. The number of halogens is 3. The summed E-state index contributed by atoms with van der Waals surface area (Å²) < 4.78 is 41.9. The lowest BCUT2D eigenvalue weighted by molar-refractivity contribution is -0.125. The highest BCUT2D eigenvalue weighted by atomic mass is 19.1. The van der Waals surface area contributed by atoms with Gasteiger partial charge in [0, 0.05) is 18.0 Å². The minimum absolute atomic E-state index is 0.0575. The SMILES string of the molecule is O=C(NCC1CC(c2c(-c3ccc(F)cc3)[nH]c3c(F)cc(F)cc23)C1)[C@H]1NCC[C@@H]1O. The molecule has 3 aromatic rings. The Balaban J connectivity index is 1.36. The fraction of sp³-hybridized carbons (Fsp3) is 0.375. The molecule has 168 valence electrons. The number of rotatable bonds is 5. The third-order valence-electron chi connectivity index (χ3n) is 6.68. The number of aliphatic hydroxyl groups excluding tert-OH is 1. The van der Waals surface area contributed by atoms with Crippen LogP contribution in [0.4, 0.5) is 13.2 Å². The zero-order valence-corrected chi connectivity index (χ0v) is 17.3. The van der Waals surface area contributed by atoms with Gasteiger partial charge < -0.3 is 20.7 Å². The van der Waals surface area contributed by atoms with E-state index in [1.165, 1.54) is 18.2 Å². The summed E-state index contributed by atoms with van der Waals surface area (Å²) in [5.74, 6) is -1.60. The normalized spacial score (nSPS) is 25.1. The lowest BCUT2D eigenvalue weighted by Gasteiger charge is -2.36. The molecule has 2 atom stereocenters. The molecule has 1 amide bonds. The number of carbonyl (C=O) groups is 1. The van der Waals surface area contributed by atoms with Crippen LogP contribution in [0.2, 0.25) is 0 Å². The molecular formula is C24H24F3N3O2. The fourth-order valence-electron chi connectivity index (χ4n) is 4.96. The Morgan fingerprint density at radius 3 is 2.53 bits per heavy atom. The van der Waals surface area contributed by atoms with Gasteiger partial charge in [-0.3, -0.25) is 4.79 Å². The van der Waals surface area contributed by atoms with Crippen molar-refractivity contribution in [2.75, 3.05) is 13.1 Å². The van der Waals surface area contributed by atoms with E-state index in [4.69, 9.17) is 0 Å². The van der Waals surface area contributed by atoms with Crippen molar-refractivity contribution in [1.29, 1.82) is 0 Å². The molecule has 1 aromatic heterocycles. The second-order valence-electron chi connectivity index (χ2n) is 8.80. The summed E-state index contributed by atoms with van der Waals surface area (Å²) in [4.78, 5) is 15.4. The molecule has 2 aromatic carbocycles.